The summed E-state index contributed by atoms with van der Waals surface area (Å²) in [7, 11) is -4.80. The van der Waals surface area contributed by atoms with Crippen molar-refractivity contribution in [3.63, 3.8) is 0 Å². The maximum atomic E-state index is 7.89. The van der Waals surface area contributed by atoms with Crippen molar-refractivity contribution >= 4 is 37.3 Å². The van der Waals surface area contributed by atoms with Crippen molar-refractivity contribution in [1.29, 1.82) is 0 Å². The monoisotopic (exact) mass is 194 g/mol. The predicted octanol–water partition coefficient (Wildman–Crippen LogP) is -1.60. The summed E-state index contributed by atoms with van der Waals surface area (Å²) in [6.07, 6.45) is 0. The van der Waals surface area contributed by atoms with E-state index in [4.69, 9.17) is 14.7 Å². The molecule has 1 fully saturated rings. The van der Waals surface area contributed by atoms with Gasteiger partial charge in [0.25, 0.3) is 0 Å². The van der Waals surface area contributed by atoms with Gasteiger partial charge in [-0.25, -0.2) is 0 Å². The molecule has 0 aromatic heterocycles. The second kappa shape index (κ2) is 2.78. The third-order valence-corrected chi connectivity index (χ3v) is 0.824. The van der Waals surface area contributed by atoms with E-state index in [1.165, 1.54) is 0 Å². The van der Waals surface area contributed by atoms with E-state index in [2.05, 4.69) is 9.35 Å². The zero-order valence-electron chi connectivity index (χ0n) is 2.96. The Morgan fingerprint density at radius 1 is 1.00 bits per heavy atom. The van der Waals surface area contributed by atoms with Gasteiger partial charge in [-0.3, -0.25) is 0 Å². The van der Waals surface area contributed by atoms with Crippen LogP contribution in [0.3, 0.4) is 0 Å². The fourth-order valence-electron chi connectivity index (χ4n) is 0.0447. The fraction of sp³-hybridized carbons (Fsp3) is 0. The summed E-state index contributed by atoms with van der Waals surface area (Å²) in [4.78, 5) is 23.7. The molecule has 1 rings (SSSR count). The molecule has 8 heteroatoms. The topological polar surface area (TPSA) is 85.8 Å². The van der Waals surface area contributed by atoms with Gasteiger partial charge in [-0.05, 0) is 0 Å². The van der Waals surface area contributed by atoms with Gasteiger partial charge in [-0.2, -0.15) is 0 Å². The molecular weight excluding hydrogens is 190 g/mol. The van der Waals surface area contributed by atoms with Crippen LogP contribution in [0.1, 0.15) is 0 Å². The van der Waals surface area contributed by atoms with Crippen LogP contribution in [0, 0.1) is 0 Å². The van der Waals surface area contributed by atoms with Crippen molar-refractivity contribution in [1.82, 2.24) is 0 Å². The minimum absolute atomic E-state index is 0. The predicted molar refractivity (Wildman–Crippen MR) is 22.9 cm³/mol. The van der Waals surface area contributed by atoms with Crippen molar-refractivity contribution in [2.24, 2.45) is 0 Å². The molecule has 0 aliphatic carbocycles. The summed E-state index contributed by atoms with van der Waals surface area (Å²) < 4.78 is 6.76. The Kier molecular flexibility index (Phi) is 4.32. The number of rotatable bonds is 0. The van der Waals surface area contributed by atoms with Crippen LogP contribution < -0.4 is 0 Å². The molecule has 0 unspecified atom stereocenters. The third kappa shape index (κ3) is 4.61. The van der Waals surface area contributed by atoms with Crippen molar-refractivity contribution in [3.05, 3.63) is 0 Å². The summed E-state index contributed by atoms with van der Waals surface area (Å²) in [6.45, 7) is 0. The first-order valence-electron chi connectivity index (χ1n) is 1.13. The van der Waals surface area contributed by atoms with Crippen LogP contribution in [0.2, 0.25) is 0 Å². The first-order chi connectivity index (χ1) is 2.47. The molecule has 5 nitrogen and oxygen atoms in total. The standard InChI is InChI=1S/Fe.Na.H3O5P.H/c;;1-6(2,3)4-5-6;/h;;1-3H;. The van der Waals surface area contributed by atoms with Crippen LogP contribution in [0.15, 0.2) is 0 Å². The molecule has 1 saturated heterocycles. The molecule has 1 aliphatic rings. The normalized spacial score (nSPS) is 32.1. The number of hydrogen-bond donors (Lipinski definition) is 3. The Bertz CT molecular complexity index is 76.2. The molecule has 0 saturated carbocycles. The Balaban J connectivity index is 0. The average molecular weight is 194 g/mol. The molecule has 0 radical (unpaired) electrons. The average Bonchev–Trinajstić information content (AvgIpc) is 1.73. The van der Waals surface area contributed by atoms with Gasteiger partial charge in [0.15, 0.2) is 0 Å². The Hall–Kier alpha value is 1.75. The summed E-state index contributed by atoms with van der Waals surface area (Å²) in [5, 5.41) is 0. The van der Waals surface area contributed by atoms with Crippen LogP contribution >= 0.6 is 7.74 Å². The van der Waals surface area contributed by atoms with Gasteiger partial charge in [-0.15, -0.1) is 0 Å². The zero-order valence-corrected chi connectivity index (χ0v) is 4.96. The van der Waals surface area contributed by atoms with Crippen molar-refractivity contribution < 1.29 is 41.1 Å². The van der Waals surface area contributed by atoms with Crippen LogP contribution in [0.25, 0.3) is 0 Å². The summed E-state index contributed by atoms with van der Waals surface area (Å²) in [5.41, 5.74) is 0. The number of hydrogen-bond acceptors (Lipinski definition) is 5. The Morgan fingerprint density at radius 2 is 1.12 bits per heavy atom. The van der Waals surface area contributed by atoms with E-state index >= 15 is 0 Å². The zero-order chi connectivity index (χ0) is 4.86. The summed E-state index contributed by atoms with van der Waals surface area (Å²) in [5.74, 6) is 0. The van der Waals surface area contributed by atoms with E-state index < -0.39 is 7.74 Å². The molecule has 0 spiro atoms. The quantitative estimate of drug-likeness (QED) is 0.187. The fourth-order valence-corrected chi connectivity index (χ4v) is 0.402. The van der Waals surface area contributed by atoms with Crippen molar-refractivity contribution in [3.8, 4) is 0 Å². The van der Waals surface area contributed by atoms with E-state index in [1.807, 2.05) is 0 Å². The van der Waals surface area contributed by atoms with Crippen molar-refractivity contribution in [2.45, 2.75) is 0 Å². The molecule has 48 valence electrons. The second-order valence-corrected chi connectivity index (χ2v) is 2.95. The molecular formula is H4FeNaO5P. The van der Waals surface area contributed by atoms with Gasteiger partial charge in [-0.1, -0.05) is 0 Å². The molecule has 1 aliphatic heterocycles. The maximum absolute atomic E-state index is 7.89. The molecule has 0 aromatic carbocycles. The van der Waals surface area contributed by atoms with Gasteiger partial charge in [0.2, 0.25) is 0 Å². The Morgan fingerprint density at radius 3 is 1.12 bits per heavy atom. The molecule has 0 aromatic rings. The Labute approximate surface area is 78.0 Å². The van der Waals surface area contributed by atoms with Crippen LogP contribution in [0.5, 0.6) is 0 Å². The van der Waals surface area contributed by atoms with Crippen molar-refractivity contribution in [2.75, 3.05) is 0 Å². The first-order valence-corrected chi connectivity index (χ1v) is 3.06. The van der Waals surface area contributed by atoms with Crippen LogP contribution in [0.4, 0.5) is 0 Å². The van der Waals surface area contributed by atoms with Crippen LogP contribution in [-0.2, 0) is 26.4 Å². The molecule has 0 amide bonds. The van der Waals surface area contributed by atoms with Gasteiger partial charge >= 0.3 is 61.3 Å². The molecule has 0 bridgehead atoms. The van der Waals surface area contributed by atoms with Crippen LogP contribution in [-0.4, -0.2) is 44.2 Å². The van der Waals surface area contributed by atoms with Gasteiger partial charge in [0, 0.05) is 17.1 Å². The molecule has 0 atom stereocenters. The minimum atomic E-state index is -4.80. The SMILES string of the molecule is OP1(O)(O)OO1.[Fe].[NaH]. The van der Waals surface area contributed by atoms with E-state index in [9.17, 15) is 0 Å². The summed E-state index contributed by atoms with van der Waals surface area (Å²) in [6, 6.07) is 0. The molecule has 8 heavy (non-hydrogen) atoms. The second-order valence-electron chi connectivity index (χ2n) is 0.982. The van der Waals surface area contributed by atoms with Gasteiger partial charge in [0.05, 0.1) is 0 Å². The van der Waals surface area contributed by atoms with E-state index in [1.54, 1.807) is 0 Å². The van der Waals surface area contributed by atoms with Gasteiger partial charge < -0.3 is 0 Å². The van der Waals surface area contributed by atoms with E-state index in [0.717, 1.165) is 0 Å². The molecule has 1 heterocycles. The molecule has 3 N–H and O–H groups in total. The van der Waals surface area contributed by atoms with E-state index in [0.29, 0.717) is 0 Å². The van der Waals surface area contributed by atoms with E-state index in [-0.39, 0.29) is 46.6 Å². The first kappa shape index (κ1) is 12.4. The summed E-state index contributed by atoms with van der Waals surface area (Å²) >= 11 is 0. The third-order valence-electron chi connectivity index (χ3n) is 0.275. The van der Waals surface area contributed by atoms with Gasteiger partial charge in [0.1, 0.15) is 0 Å².